The summed E-state index contributed by atoms with van der Waals surface area (Å²) in [5.41, 5.74) is 3.31. The average Bonchev–Trinajstić information content (AvgIpc) is 2.68. The molecule has 0 spiro atoms. The standard InChI is InChI=1S/C21H21N5O/c1-15-12-20(25-19-9-4-3-7-17(19)14-22)26-21(24-15)23-11-10-16-6-5-8-18(13-16)27-2/h3-9,12-13H,10-11H2,1-2H3,(H2,23,24,25,26). The molecular weight excluding hydrogens is 338 g/mol. The molecule has 3 aromatic rings. The molecule has 3 rings (SSSR count). The van der Waals surface area contributed by atoms with E-state index in [1.54, 1.807) is 13.2 Å². The second-order valence-electron chi connectivity index (χ2n) is 6.03. The highest BCUT2D eigenvalue weighted by Gasteiger charge is 2.06. The Morgan fingerprint density at radius 3 is 2.74 bits per heavy atom. The summed E-state index contributed by atoms with van der Waals surface area (Å²) in [5, 5.41) is 15.7. The smallest absolute Gasteiger partial charge is 0.224 e. The zero-order chi connectivity index (χ0) is 19.1. The number of para-hydroxylation sites is 1. The number of ether oxygens (including phenoxy) is 1. The van der Waals surface area contributed by atoms with Gasteiger partial charge < -0.3 is 15.4 Å². The molecular formula is C21H21N5O. The van der Waals surface area contributed by atoms with Gasteiger partial charge in [-0.1, -0.05) is 24.3 Å². The number of aryl methyl sites for hydroxylation is 1. The van der Waals surface area contributed by atoms with Crippen molar-refractivity contribution in [2.24, 2.45) is 0 Å². The molecule has 2 aromatic carbocycles. The average molecular weight is 359 g/mol. The van der Waals surface area contributed by atoms with Crippen LogP contribution in [0.15, 0.2) is 54.6 Å². The molecule has 6 heteroatoms. The van der Waals surface area contributed by atoms with Crippen LogP contribution in [-0.4, -0.2) is 23.6 Å². The van der Waals surface area contributed by atoms with Crippen LogP contribution in [0.1, 0.15) is 16.8 Å². The van der Waals surface area contributed by atoms with Crippen molar-refractivity contribution >= 4 is 17.5 Å². The number of rotatable bonds is 7. The van der Waals surface area contributed by atoms with Crippen molar-refractivity contribution in [3.63, 3.8) is 0 Å². The van der Waals surface area contributed by atoms with Gasteiger partial charge in [-0.25, -0.2) is 4.98 Å². The Kier molecular flexibility index (Phi) is 5.85. The number of methoxy groups -OCH3 is 1. The maximum atomic E-state index is 9.22. The molecule has 1 heterocycles. The molecule has 0 aliphatic rings. The Morgan fingerprint density at radius 1 is 1.07 bits per heavy atom. The van der Waals surface area contributed by atoms with Gasteiger partial charge in [-0.3, -0.25) is 0 Å². The van der Waals surface area contributed by atoms with E-state index in [0.717, 1.165) is 23.6 Å². The molecule has 1 aromatic heterocycles. The number of benzene rings is 2. The van der Waals surface area contributed by atoms with E-state index in [4.69, 9.17) is 4.74 Å². The van der Waals surface area contributed by atoms with E-state index in [1.807, 2.05) is 49.4 Å². The third kappa shape index (κ3) is 4.95. The van der Waals surface area contributed by atoms with Gasteiger partial charge in [0.2, 0.25) is 5.95 Å². The number of nitrogens with zero attached hydrogens (tertiary/aromatic N) is 3. The molecule has 0 radical (unpaired) electrons. The van der Waals surface area contributed by atoms with E-state index in [-0.39, 0.29) is 0 Å². The molecule has 0 bridgehead atoms. The van der Waals surface area contributed by atoms with Gasteiger partial charge in [0.15, 0.2) is 0 Å². The second-order valence-corrected chi connectivity index (χ2v) is 6.03. The third-order valence-electron chi connectivity index (χ3n) is 4.00. The van der Waals surface area contributed by atoms with E-state index >= 15 is 0 Å². The Morgan fingerprint density at radius 2 is 1.93 bits per heavy atom. The predicted molar refractivity (Wildman–Crippen MR) is 106 cm³/mol. The third-order valence-corrected chi connectivity index (χ3v) is 4.00. The number of nitrogens with one attached hydrogen (secondary N) is 2. The molecule has 0 amide bonds. The summed E-state index contributed by atoms with van der Waals surface area (Å²) >= 11 is 0. The lowest BCUT2D eigenvalue weighted by atomic mass is 10.1. The van der Waals surface area contributed by atoms with Crippen molar-refractivity contribution in [3.8, 4) is 11.8 Å². The molecule has 0 fully saturated rings. The fourth-order valence-electron chi connectivity index (χ4n) is 2.69. The van der Waals surface area contributed by atoms with Crippen LogP contribution in [0.3, 0.4) is 0 Å². The minimum Gasteiger partial charge on any atom is -0.497 e. The molecule has 6 nitrogen and oxygen atoms in total. The van der Waals surface area contributed by atoms with Crippen molar-refractivity contribution in [3.05, 3.63) is 71.4 Å². The van der Waals surface area contributed by atoms with Crippen molar-refractivity contribution in [2.45, 2.75) is 13.3 Å². The molecule has 0 aliphatic heterocycles. The van der Waals surface area contributed by atoms with Crippen LogP contribution < -0.4 is 15.4 Å². The van der Waals surface area contributed by atoms with Crippen LogP contribution in [0.4, 0.5) is 17.5 Å². The van der Waals surface area contributed by atoms with E-state index in [0.29, 0.717) is 23.9 Å². The maximum absolute atomic E-state index is 9.22. The van der Waals surface area contributed by atoms with E-state index in [9.17, 15) is 5.26 Å². The fourth-order valence-corrected chi connectivity index (χ4v) is 2.69. The van der Waals surface area contributed by atoms with Crippen LogP contribution >= 0.6 is 0 Å². The first-order valence-corrected chi connectivity index (χ1v) is 8.66. The Labute approximate surface area is 158 Å². The van der Waals surface area contributed by atoms with Crippen molar-refractivity contribution in [1.29, 1.82) is 5.26 Å². The van der Waals surface area contributed by atoms with Gasteiger partial charge in [0.05, 0.1) is 18.4 Å². The van der Waals surface area contributed by atoms with Gasteiger partial charge >= 0.3 is 0 Å². The van der Waals surface area contributed by atoms with Crippen LogP contribution in [0, 0.1) is 18.3 Å². The molecule has 0 unspecified atom stereocenters. The summed E-state index contributed by atoms with van der Waals surface area (Å²) in [5.74, 6) is 2.05. The normalized spacial score (nSPS) is 10.1. The number of hydrogen-bond donors (Lipinski definition) is 2. The van der Waals surface area contributed by atoms with Crippen LogP contribution in [-0.2, 0) is 6.42 Å². The highest BCUT2D eigenvalue weighted by molar-refractivity contribution is 5.65. The van der Waals surface area contributed by atoms with Gasteiger partial charge in [0, 0.05) is 18.3 Å². The monoisotopic (exact) mass is 359 g/mol. The predicted octanol–water partition coefficient (Wildman–Crippen LogP) is 4.06. The lowest BCUT2D eigenvalue weighted by Crippen LogP contribution is -2.10. The highest BCUT2D eigenvalue weighted by atomic mass is 16.5. The van der Waals surface area contributed by atoms with Crippen molar-refractivity contribution in [1.82, 2.24) is 9.97 Å². The summed E-state index contributed by atoms with van der Waals surface area (Å²) < 4.78 is 5.25. The van der Waals surface area contributed by atoms with Gasteiger partial charge in [-0.05, 0) is 43.2 Å². The molecule has 27 heavy (non-hydrogen) atoms. The topological polar surface area (TPSA) is 82.9 Å². The maximum Gasteiger partial charge on any atom is 0.224 e. The molecule has 0 saturated carbocycles. The van der Waals surface area contributed by atoms with Crippen molar-refractivity contribution in [2.75, 3.05) is 24.3 Å². The van der Waals surface area contributed by atoms with Gasteiger partial charge in [-0.2, -0.15) is 10.2 Å². The summed E-state index contributed by atoms with van der Waals surface area (Å²) in [6, 6.07) is 19.3. The number of anilines is 3. The number of hydrogen-bond acceptors (Lipinski definition) is 6. The first kappa shape index (κ1) is 18.2. The summed E-state index contributed by atoms with van der Waals surface area (Å²) in [7, 11) is 1.66. The van der Waals surface area contributed by atoms with E-state index in [2.05, 4.69) is 32.7 Å². The van der Waals surface area contributed by atoms with Gasteiger partial charge in [0.25, 0.3) is 0 Å². The zero-order valence-corrected chi connectivity index (χ0v) is 15.4. The summed E-state index contributed by atoms with van der Waals surface area (Å²) in [6.45, 7) is 2.61. The van der Waals surface area contributed by atoms with Gasteiger partial charge in [-0.15, -0.1) is 0 Å². The fraction of sp³-hybridized carbons (Fsp3) is 0.190. The number of nitriles is 1. The second kappa shape index (κ2) is 8.68. The molecule has 136 valence electrons. The minimum atomic E-state index is 0.551. The minimum absolute atomic E-state index is 0.551. The Hall–Kier alpha value is -3.59. The first-order chi connectivity index (χ1) is 13.2. The van der Waals surface area contributed by atoms with Crippen LogP contribution in [0.25, 0.3) is 0 Å². The molecule has 0 saturated heterocycles. The SMILES string of the molecule is COc1cccc(CCNc2nc(C)cc(Nc3ccccc3C#N)n2)c1. The van der Waals surface area contributed by atoms with E-state index in [1.165, 1.54) is 5.56 Å². The van der Waals surface area contributed by atoms with Crippen LogP contribution in [0.5, 0.6) is 5.75 Å². The Bertz CT molecular complexity index is 965. The lowest BCUT2D eigenvalue weighted by molar-refractivity contribution is 0.414. The molecule has 0 atom stereocenters. The quantitative estimate of drug-likeness (QED) is 0.662. The van der Waals surface area contributed by atoms with E-state index < -0.39 is 0 Å². The van der Waals surface area contributed by atoms with Gasteiger partial charge in [0.1, 0.15) is 17.6 Å². The first-order valence-electron chi connectivity index (χ1n) is 8.66. The zero-order valence-electron chi connectivity index (χ0n) is 15.4. The van der Waals surface area contributed by atoms with Crippen LogP contribution in [0.2, 0.25) is 0 Å². The molecule has 2 N–H and O–H groups in total. The number of aromatic nitrogens is 2. The Balaban J connectivity index is 1.67. The summed E-state index contributed by atoms with van der Waals surface area (Å²) in [4.78, 5) is 8.93. The highest BCUT2D eigenvalue weighted by Crippen LogP contribution is 2.20. The lowest BCUT2D eigenvalue weighted by Gasteiger charge is -2.11. The summed E-state index contributed by atoms with van der Waals surface area (Å²) in [6.07, 6.45) is 0.828. The van der Waals surface area contributed by atoms with Crippen molar-refractivity contribution < 1.29 is 4.74 Å². The largest absolute Gasteiger partial charge is 0.497 e. The molecule has 0 aliphatic carbocycles.